The monoisotopic (exact) mass is 237 g/mol. The van der Waals surface area contributed by atoms with Gasteiger partial charge in [0.25, 0.3) is 5.91 Å². The van der Waals surface area contributed by atoms with E-state index in [1.54, 1.807) is 12.1 Å². The standard InChI is InChI=1S/C11H15N3O3/c1-7(15)9-3-4-10(14-9)11(17)13-6-5-12-8(2)16/h3-4,14H,5-6H2,1-2H3,(H,12,16)(H,13,17). The van der Waals surface area contributed by atoms with Crippen LogP contribution in [0.15, 0.2) is 12.1 Å². The molecule has 1 rings (SSSR count). The third kappa shape index (κ3) is 4.10. The number of aromatic amines is 1. The lowest BCUT2D eigenvalue weighted by Gasteiger charge is -2.04. The lowest BCUT2D eigenvalue weighted by molar-refractivity contribution is -0.118. The first-order valence-electron chi connectivity index (χ1n) is 5.23. The minimum absolute atomic E-state index is 0.123. The van der Waals surface area contributed by atoms with Crippen molar-refractivity contribution in [2.24, 2.45) is 0 Å². The summed E-state index contributed by atoms with van der Waals surface area (Å²) in [6, 6.07) is 3.11. The number of rotatable bonds is 5. The van der Waals surface area contributed by atoms with Gasteiger partial charge in [-0.15, -0.1) is 0 Å². The van der Waals surface area contributed by atoms with Crippen molar-refractivity contribution in [3.05, 3.63) is 23.5 Å². The van der Waals surface area contributed by atoms with Crippen molar-refractivity contribution >= 4 is 17.6 Å². The quantitative estimate of drug-likeness (QED) is 0.500. The predicted octanol–water partition coefficient (Wildman–Crippen LogP) is 0.0832. The third-order valence-electron chi connectivity index (χ3n) is 2.09. The lowest BCUT2D eigenvalue weighted by Crippen LogP contribution is -2.33. The maximum absolute atomic E-state index is 11.6. The number of H-pyrrole nitrogens is 1. The Morgan fingerprint density at radius 2 is 1.65 bits per heavy atom. The molecule has 6 heteroatoms. The van der Waals surface area contributed by atoms with E-state index in [9.17, 15) is 14.4 Å². The maximum atomic E-state index is 11.6. The number of carbonyl (C=O) groups excluding carboxylic acids is 3. The summed E-state index contributed by atoms with van der Waals surface area (Å²) in [4.78, 5) is 35.8. The number of nitrogens with one attached hydrogen (secondary N) is 3. The van der Waals surface area contributed by atoms with Gasteiger partial charge in [-0.1, -0.05) is 0 Å². The van der Waals surface area contributed by atoms with Gasteiger partial charge in [-0.05, 0) is 12.1 Å². The van der Waals surface area contributed by atoms with Crippen LogP contribution in [0.25, 0.3) is 0 Å². The Morgan fingerprint density at radius 3 is 2.18 bits per heavy atom. The van der Waals surface area contributed by atoms with E-state index in [4.69, 9.17) is 0 Å². The molecule has 0 bridgehead atoms. The number of ketones is 1. The zero-order chi connectivity index (χ0) is 12.8. The summed E-state index contributed by atoms with van der Waals surface area (Å²) < 4.78 is 0. The van der Waals surface area contributed by atoms with Crippen LogP contribution in [-0.4, -0.2) is 35.7 Å². The molecule has 17 heavy (non-hydrogen) atoms. The largest absolute Gasteiger partial charge is 0.355 e. The Morgan fingerprint density at radius 1 is 1.06 bits per heavy atom. The normalized spacial score (nSPS) is 9.76. The highest BCUT2D eigenvalue weighted by Gasteiger charge is 2.09. The van der Waals surface area contributed by atoms with Crippen LogP contribution >= 0.6 is 0 Å². The van der Waals surface area contributed by atoms with Crippen molar-refractivity contribution in [2.45, 2.75) is 13.8 Å². The molecule has 1 aromatic heterocycles. The van der Waals surface area contributed by atoms with Gasteiger partial charge in [0.1, 0.15) is 5.69 Å². The Kier molecular flexibility index (Phi) is 4.45. The first-order chi connectivity index (χ1) is 8.00. The van der Waals surface area contributed by atoms with E-state index < -0.39 is 0 Å². The second kappa shape index (κ2) is 5.83. The minimum Gasteiger partial charge on any atom is -0.355 e. The van der Waals surface area contributed by atoms with Crippen molar-refractivity contribution in [3.8, 4) is 0 Å². The molecular weight excluding hydrogens is 222 g/mol. The Labute approximate surface area is 98.8 Å². The molecule has 3 N–H and O–H groups in total. The van der Waals surface area contributed by atoms with E-state index >= 15 is 0 Å². The van der Waals surface area contributed by atoms with Crippen LogP contribution in [0.1, 0.15) is 34.8 Å². The molecular formula is C11H15N3O3. The molecule has 0 fully saturated rings. The Balaban J connectivity index is 2.41. The van der Waals surface area contributed by atoms with Gasteiger partial charge in [-0.3, -0.25) is 14.4 Å². The molecule has 2 amide bonds. The Bertz CT molecular complexity index is 437. The van der Waals surface area contributed by atoms with Crippen LogP contribution in [0.4, 0.5) is 0 Å². The fourth-order valence-corrected chi connectivity index (χ4v) is 1.24. The zero-order valence-electron chi connectivity index (χ0n) is 9.79. The van der Waals surface area contributed by atoms with Gasteiger partial charge in [-0.2, -0.15) is 0 Å². The molecule has 0 aliphatic carbocycles. The molecule has 1 heterocycles. The minimum atomic E-state index is -0.303. The van der Waals surface area contributed by atoms with Gasteiger partial charge in [0.15, 0.2) is 5.78 Å². The van der Waals surface area contributed by atoms with E-state index in [1.165, 1.54) is 13.8 Å². The molecule has 0 saturated heterocycles. The second-order valence-corrected chi connectivity index (χ2v) is 3.58. The first kappa shape index (κ1) is 13.0. The summed E-state index contributed by atoms with van der Waals surface area (Å²) >= 11 is 0. The van der Waals surface area contributed by atoms with Crippen molar-refractivity contribution in [2.75, 3.05) is 13.1 Å². The summed E-state index contributed by atoms with van der Waals surface area (Å²) in [5.41, 5.74) is 0.732. The molecule has 0 aromatic carbocycles. The molecule has 0 atom stereocenters. The number of Topliss-reactive ketones (excluding diaryl/α,β-unsaturated/α-hetero) is 1. The fraction of sp³-hybridized carbons (Fsp3) is 0.364. The van der Waals surface area contributed by atoms with Crippen molar-refractivity contribution in [1.29, 1.82) is 0 Å². The SMILES string of the molecule is CC(=O)NCCNC(=O)c1ccc(C(C)=O)[nH]1. The van der Waals surface area contributed by atoms with Crippen molar-refractivity contribution in [3.63, 3.8) is 0 Å². The van der Waals surface area contributed by atoms with Gasteiger partial charge < -0.3 is 15.6 Å². The first-order valence-corrected chi connectivity index (χ1v) is 5.23. The topological polar surface area (TPSA) is 91.1 Å². The van der Waals surface area contributed by atoms with Crippen molar-refractivity contribution < 1.29 is 14.4 Å². The van der Waals surface area contributed by atoms with Gasteiger partial charge in [0.05, 0.1) is 5.69 Å². The summed E-state index contributed by atoms with van der Waals surface area (Å²) in [5.74, 6) is -0.567. The summed E-state index contributed by atoms with van der Waals surface area (Å²) in [6.45, 7) is 3.55. The molecule has 0 saturated carbocycles. The van der Waals surface area contributed by atoms with Gasteiger partial charge in [0, 0.05) is 26.9 Å². The highest BCUT2D eigenvalue weighted by molar-refractivity contribution is 5.97. The van der Waals surface area contributed by atoms with Crippen LogP contribution in [0.2, 0.25) is 0 Å². The highest BCUT2D eigenvalue weighted by atomic mass is 16.2. The molecule has 0 aliphatic rings. The number of carbonyl (C=O) groups is 3. The van der Waals surface area contributed by atoms with Crippen molar-refractivity contribution in [1.82, 2.24) is 15.6 Å². The molecule has 92 valence electrons. The number of hydrogen-bond donors (Lipinski definition) is 3. The van der Waals surface area contributed by atoms with Crippen LogP contribution in [0.3, 0.4) is 0 Å². The lowest BCUT2D eigenvalue weighted by atomic mass is 10.3. The molecule has 6 nitrogen and oxygen atoms in total. The predicted molar refractivity (Wildman–Crippen MR) is 61.8 cm³/mol. The summed E-state index contributed by atoms with van der Waals surface area (Å²) in [7, 11) is 0. The number of aromatic nitrogens is 1. The van der Waals surface area contributed by atoms with E-state index in [0.717, 1.165) is 0 Å². The second-order valence-electron chi connectivity index (χ2n) is 3.58. The maximum Gasteiger partial charge on any atom is 0.267 e. The Hall–Kier alpha value is -2.11. The molecule has 0 spiro atoms. The summed E-state index contributed by atoms with van der Waals surface area (Å²) in [6.07, 6.45) is 0. The van der Waals surface area contributed by atoms with E-state index in [2.05, 4.69) is 15.6 Å². The van der Waals surface area contributed by atoms with E-state index in [0.29, 0.717) is 24.5 Å². The number of amides is 2. The van der Waals surface area contributed by atoms with Crippen LogP contribution in [0.5, 0.6) is 0 Å². The van der Waals surface area contributed by atoms with E-state index in [-0.39, 0.29) is 17.6 Å². The molecule has 0 aliphatic heterocycles. The smallest absolute Gasteiger partial charge is 0.267 e. The van der Waals surface area contributed by atoms with E-state index in [1.807, 2.05) is 0 Å². The van der Waals surface area contributed by atoms with Gasteiger partial charge in [0.2, 0.25) is 5.91 Å². The molecule has 0 radical (unpaired) electrons. The highest BCUT2D eigenvalue weighted by Crippen LogP contribution is 2.02. The zero-order valence-corrected chi connectivity index (χ0v) is 9.79. The van der Waals surface area contributed by atoms with Gasteiger partial charge in [-0.25, -0.2) is 0 Å². The molecule has 1 aromatic rings. The van der Waals surface area contributed by atoms with Crippen LogP contribution in [0, 0.1) is 0 Å². The van der Waals surface area contributed by atoms with Crippen LogP contribution < -0.4 is 10.6 Å². The number of hydrogen-bond acceptors (Lipinski definition) is 3. The van der Waals surface area contributed by atoms with Gasteiger partial charge >= 0.3 is 0 Å². The average Bonchev–Trinajstić information content (AvgIpc) is 2.73. The summed E-state index contributed by atoms with van der Waals surface area (Å²) in [5, 5.41) is 5.17. The van der Waals surface area contributed by atoms with Crippen LogP contribution in [-0.2, 0) is 4.79 Å². The average molecular weight is 237 g/mol. The third-order valence-corrected chi connectivity index (χ3v) is 2.09. The fourth-order valence-electron chi connectivity index (χ4n) is 1.24. The molecule has 0 unspecified atom stereocenters.